The predicted molar refractivity (Wildman–Crippen MR) is 70.0 cm³/mol. The lowest BCUT2D eigenvalue weighted by atomic mass is 9.81. The molecule has 0 atom stereocenters. The van der Waals surface area contributed by atoms with Crippen molar-refractivity contribution in [3.8, 4) is 0 Å². The Balaban J connectivity index is 4.12. The molecule has 0 aromatic heterocycles. The zero-order chi connectivity index (χ0) is 14.0. The van der Waals surface area contributed by atoms with Crippen molar-refractivity contribution in [3.63, 3.8) is 0 Å². The molecule has 0 rings (SSSR count). The van der Waals surface area contributed by atoms with Crippen LogP contribution < -0.4 is 16.4 Å². The molecule has 0 bridgehead atoms. The van der Waals surface area contributed by atoms with Gasteiger partial charge in [0.05, 0.1) is 18.6 Å². The van der Waals surface area contributed by atoms with E-state index < -0.39 is 5.41 Å². The molecular formula is C12H25N3O3. The molecular weight excluding hydrogens is 234 g/mol. The van der Waals surface area contributed by atoms with Crippen LogP contribution >= 0.6 is 0 Å². The van der Waals surface area contributed by atoms with E-state index in [-0.39, 0.29) is 24.9 Å². The zero-order valence-corrected chi connectivity index (χ0v) is 11.5. The maximum Gasteiger partial charge on any atom is 0.239 e. The van der Waals surface area contributed by atoms with Gasteiger partial charge >= 0.3 is 0 Å². The zero-order valence-electron chi connectivity index (χ0n) is 11.5. The number of ether oxygens (including phenoxy) is 1. The molecule has 0 spiro atoms. The molecule has 0 radical (unpaired) electrons. The van der Waals surface area contributed by atoms with Crippen LogP contribution in [-0.4, -0.2) is 45.2 Å². The third-order valence-corrected chi connectivity index (χ3v) is 3.26. The lowest BCUT2D eigenvalue weighted by molar-refractivity contribution is -0.133. The van der Waals surface area contributed by atoms with E-state index in [1.54, 1.807) is 7.11 Å². The Morgan fingerprint density at radius 1 is 1.22 bits per heavy atom. The molecule has 18 heavy (non-hydrogen) atoms. The normalized spacial score (nSPS) is 11.1. The first-order valence-electron chi connectivity index (χ1n) is 6.30. The lowest BCUT2D eigenvalue weighted by Crippen LogP contribution is -2.48. The van der Waals surface area contributed by atoms with Crippen LogP contribution in [0.25, 0.3) is 0 Å². The molecule has 0 saturated heterocycles. The molecule has 106 valence electrons. The standard InChI is InChI=1S/C12H25N3O3/c1-4-12(5-2,9-13)11(17)15-8-10(16)14-6-7-18-3/h4-9,13H2,1-3H3,(H,14,16)(H,15,17). The third-order valence-electron chi connectivity index (χ3n) is 3.26. The average Bonchev–Trinajstić information content (AvgIpc) is 2.39. The number of hydrogen-bond acceptors (Lipinski definition) is 4. The molecule has 6 heteroatoms. The second-order valence-electron chi connectivity index (χ2n) is 4.22. The largest absolute Gasteiger partial charge is 0.383 e. The summed E-state index contributed by atoms with van der Waals surface area (Å²) in [6.45, 7) is 5.01. The molecule has 0 aliphatic rings. The van der Waals surface area contributed by atoms with Crippen molar-refractivity contribution in [2.24, 2.45) is 11.1 Å². The van der Waals surface area contributed by atoms with Gasteiger partial charge in [-0.1, -0.05) is 13.8 Å². The molecule has 0 saturated carbocycles. The number of methoxy groups -OCH3 is 1. The lowest BCUT2D eigenvalue weighted by Gasteiger charge is -2.28. The highest BCUT2D eigenvalue weighted by Crippen LogP contribution is 2.24. The summed E-state index contributed by atoms with van der Waals surface area (Å²) >= 11 is 0. The molecule has 0 aromatic rings. The van der Waals surface area contributed by atoms with Gasteiger partial charge < -0.3 is 21.1 Å². The minimum Gasteiger partial charge on any atom is -0.383 e. The van der Waals surface area contributed by atoms with E-state index in [0.29, 0.717) is 26.0 Å². The second kappa shape index (κ2) is 8.88. The van der Waals surface area contributed by atoms with Crippen LogP contribution in [0.2, 0.25) is 0 Å². The van der Waals surface area contributed by atoms with E-state index >= 15 is 0 Å². The first kappa shape index (κ1) is 16.9. The van der Waals surface area contributed by atoms with E-state index in [0.717, 1.165) is 0 Å². The van der Waals surface area contributed by atoms with Gasteiger partial charge in [0, 0.05) is 20.2 Å². The van der Waals surface area contributed by atoms with E-state index in [2.05, 4.69) is 10.6 Å². The molecule has 0 aromatic carbocycles. The van der Waals surface area contributed by atoms with Gasteiger partial charge in [-0.15, -0.1) is 0 Å². The van der Waals surface area contributed by atoms with Gasteiger partial charge in [-0.3, -0.25) is 9.59 Å². The Morgan fingerprint density at radius 3 is 2.28 bits per heavy atom. The molecule has 2 amide bonds. The van der Waals surface area contributed by atoms with Crippen molar-refractivity contribution >= 4 is 11.8 Å². The minimum atomic E-state index is -0.563. The molecule has 0 heterocycles. The fraction of sp³-hybridized carbons (Fsp3) is 0.833. The summed E-state index contributed by atoms with van der Waals surface area (Å²) < 4.78 is 4.81. The number of hydrogen-bond donors (Lipinski definition) is 3. The topological polar surface area (TPSA) is 93.5 Å². The SMILES string of the molecule is CCC(CC)(CN)C(=O)NCC(=O)NCCOC. The van der Waals surface area contributed by atoms with Gasteiger partial charge in [0.25, 0.3) is 0 Å². The quantitative estimate of drug-likeness (QED) is 0.492. The highest BCUT2D eigenvalue weighted by molar-refractivity contribution is 5.88. The summed E-state index contributed by atoms with van der Waals surface area (Å²) in [4.78, 5) is 23.4. The van der Waals surface area contributed by atoms with Crippen molar-refractivity contribution in [1.82, 2.24) is 10.6 Å². The Kier molecular flexibility index (Phi) is 8.32. The summed E-state index contributed by atoms with van der Waals surface area (Å²) in [5.41, 5.74) is 5.09. The van der Waals surface area contributed by atoms with Gasteiger partial charge in [0.15, 0.2) is 0 Å². The Labute approximate surface area is 109 Å². The van der Waals surface area contributed by atoms with Crippen molar-refractivity contribution < 1.29 is 14.3 Å². The van der Waals surface area contributed by atoms with E-state index in [1.807, 2.05) is 13.8 Å². The second-order valence-corrected chi connectivity index (χ2v) is 4.22. The molecule has 4 N–H and O–H groups in total. The maximum atomic E-state index is 12.0. The van der Waals surface area contributed by atoms with Crippen molar-refractivity contribution in [2.75, 3.05) is 33.4 Å². The Morgan fingerprint density at radius 2 is 1.83 bits per heavy atom. The van der Waals surface area contributed by atoms with Crippen LogP contribution in [0, 0.1) is 5.41 Å². The Hall–Kier alpha value is -1.14. The van der Waals surface area contributed by atoms with E-state index in [9.17, 15) is 9.59 Å². The van der Waals surface area contributed by atoms with Gasteiger partial charge in [-0.05, 0) is 12.8 Å². The van der Waals surface area contributed by atoms with Gasteiger partial charge in [0.2, 0.25) is 11.8 Å². The summed E-state index contributed by atoms with van der Waals surface area (Å²) in [6.07, 6.45) is 1.33. The molecule has 0 aliphatic carbocycles. The van der Waals surface area contributed by atoms with Gasteiger partial charge in [-0.25, -0.2) is 0 Å². The van der Waals surface area contributed by atoms with Crippen LogP contribution in [0.4, 0.5) is 0 Å². The number of rotatable bonds is 9. The Bertz CT molecular complexity index is 257. The molecule has 0 unspecified atom stereocenters. The molecule has 6 nitrogen and oxygen atoms in total. The first-order chi connectivity index (χ1) is 8.56. The number of carbonyl (C=O) groups is 2. The molecule has 0 aliphatic heterocycles. The van der Waals surface area contributed by atoms with Crippen LogP contribution in [0.5, 0.6) is 0 Å². The van der Waals surface area contributed by atoms with Crippen molar-refractivity contribution in [3.05, 3.63) is 0 Å². The van der Waals surface area contributed by atoms with Crippen LogP contribution in [0.3, 0.4) is 0 Å². The molecule has 0 fully saturated rings. The highest BCUT2D eigenvalue weighted by Gasteiger charge is 2.33. The summed E-state index contributed by atoms with van der Waals surface area (Å²) in [5.74, 6) is -0.379. The van der Waals surface area contributed by atoms with Gasteiger partial charge in [-0.2, -0.15) is 0 Å². The average molecular weight is 259 g/mol. The minimum absolute atomic E-state index is 0.0235. The fourth-order valence-corrected chi connectivity index (χ4v) is 1.66. The summed E-state index contributed by atoms with van der Waals surface area (Å²) in [5, 5.41) is 5.27. The monoisotopic (exact) mass is 259 g/mol. The number of amides is 2. The van der Waals surface area contributed by atoms with E-state index in [4.69, 9.17) is 10.5 Å². The van der Waals surface area contributed by atoms with Crippen LogP contribution in [-0.2, 0) is 14.3 Å². The smallest absolute Gasteiger partial charge is 0.239 e. The van der Waals surface area contributed by atoms with Gasteiger partial charge in [0.1, 0.15) is 0 Å². The summed E-state index contributed by atoms with van der Waals surface area (Å²) in [6, 6.07) is 0. The number of nitrogens with two attached hydrogens (primary N) is 1. The highest BCUT2D eigenvalue weighted by atomic mass is 16.5. The maximum absolute atomic E-state index is 12.0. The first-order valence-corrected chi connectivity index (χ1v) is 6.30. The fourth-order valence-electron chi connectivity index (χ4n) is 1.66. The number of carbonyl (C=O) groups excluding carboxylic acids is 2. The van der Waals surface area contributed by atoms with Crippen LogP contribution in [0.1, 0.15) is 26.7 Å². The predicted octanol–water partition coefficient (Wildman–Crippen LogP) is -0.370. The number of nitrogens with one attached hydrogen (secondary N) is 2. The van der Waals surface area contributed by atoms with Crippen LogP contribution in [0.15, 0.2) is 0 Å². The third kappa shape index (κ3) is 5.01. The van der Waals surface area contributed by atoms with Crippen molar-refractivity contribution in [1.29, 1.82) is 0 Å². The summed E-state index contributed by atoms with van der Waals surface area (Å²) in [7, 11) is 1.56. The van der Waals surface area contributed by atoms with Crippen molar-refractivity contribution in [2.45, 2.75) is 26.7 Å². The van der Waals surface area contributed by atoms with E-state index in [1.165, 1.54) is 0 Å².